The van der Waals surface area contributed by atoms with Gasteiger partial charge < -0.3 is 5.73 Å². The molecule has 1 heterocycles. The van der Waals surface area contributed by atoms with Gasteiger partial charge in [0.15, 0.2) is 5.13 Å². The molecule has 0 radical (unpaired) electrons. The highest BCUT2D eigenvalue weighted by atomic mass is 35.5. The third-order valence-corrected chi connectivity index (χ3v) is 4.77. The lowest BCUT2D eigenvalue weighted by Gasteiger charge is -2.03. The van der Waals surface area contributed by atoms with Crippen molar-refractivity contribution < 1.29 is 4.79 Å². The molecule has 0 aliphatic rings. The van der Waals surface area contributed by atoms with Crippen LogP contribution in [0.4, 0.5) is 5.13 Å². The van der Waals surface area contributed by atoms with Gasteiger partial charge in [-0.2, -0.15) is 5.10 Å². The van der Waals surface area contributed by atoms with E-state index >= 15 is 0 Å². The van der Waals surface area contributed by atoms with Crippen LogP contribution in [0.3, 0.4) is 0 Å². The molecule has 0 saturated heterocycles. The average Bonchev–Trinajstić information content (AvgIpc) is 2.87. The molecule has 0 aliphatic heterocycles. The maximum absolute atomic E-state index is 12.1. The highest BCUT2D eigenvalue weighted by Crippen LogP contribution is 2.30. The van der Waals surface area contributed by atoms with Crippen LogP contribution in [0.2, 0.25) is 15.1 Å². The van der Waals surface area contributed by atoms with Gasteiger partial charge in [-0.1, -0.05) is 53.1 Å². The zero-order chi connectivity index (χ0) is 16.3. The summed E-state index contributed by atoms with van der Waals surface area (Å²) in [7, 11) is 0. The molecule has 116 valence electrons. The standard InChI is InChI=1S/C13H11Cl3N4OS/c1-2-9-11(22-13(17)19-9)12(21)20-18-5-6-7(14)3-4-8(15)10(6)16/h3-5H,2H2,1H3,(H2,17,19)(H,20,21). The molecule has 1 amide bonds. The summed E-state index contributed by atoms with van der Waals surface area (Å²) in [6.07, 6.45) is 1.94. The van der Waals surface area contributed by atoms with E-state index < -0.39 is 5.91 Å². The number of halogens is 3. The van der Waals surface area contributed by atoms with E-state index in [0.29, 0.717) is 37.7 Å². The molecule has 0 spiro atoms. The van der Waals surface area contributed by atoms with Crippen molar-refractivity contribution >= 4 is 63.4 Å². The number of nitrogens with zero attached hydrogens (tertiary/aromatic N) is 2. The van der Waals surface area contributed by atoms with Gasteiger partial charge >= 0.3 is 0 Å². The Morgan fingerprint density at radius 1 is 1.41 bits per heavy atom. The summed E-state index contributed by atoms with van der Waals surface area (Å²) in [5.41, 5.74) is 9.06. The monoisotopic (exact) mass is 376 g/mol. The Morgan fingerprint density at radius 2 is 2.09 bits per heavy atom. The van der Waals surface area contributed by atoms with Gasteiger partial charge in [-0.3, -0.25) is 4.79 Å². The lowest BCUT2D eigenvalue weighted by atomic mass is 10.2. The summed E-state index contributed by atoms with van der Waals surface area (Å²) in [5, 5.41) is 5.19. The predicted octanol–water partition coefficient (Wildman–Crippen LogP) is 4.01. The van der Waals surface area contributed by atoms with Crippen LogP contribution in [0.1, 0.15) is 27.9 Å². The van der Waals surface area contributed by atoms with Gasteiger partial charge in [0.25, 0.3) is 5.91 Å². The van der Waals surface area contributed by atoms with Crippen molar-refractivity contribution in [2.45, 2.75) is 13.3 Å². The van der Waals surface area contributed by atoms with Crippen LogP contribution in [0, 0.1) is 0 Å². The number of hydrogen-bond acceptors (Lipinski definition) is 5. The van der Waals surface area contributed by atoms with Gasteiger partial charge in [0.1, 0.15) is 4.88 Å². The molecule has 3 N–H and O–H groups in total. The molecule has 0 aliphatic carbocycles. The highest BCUT2D eigenvalue weighted by Gasteiger charge is 2.15. The maximum Gasteiger partial charge on any atom is 0.283 e. The van der Waals surface area contributed by atoms with E-state index in [1.807, 2.05) is 6.92 Å². The lowest BCUT2D eigenvalue weighted by Crippen LogP contribution is -2.17. The van der Waals surface area contributed by atoms with Gasteiger partial charge in [-0.25, -0.2) is 10.4 Å². The van der Waals surface area contributed by atoms with E-state index in [-0.39, 0.29) is 5.02 Å². The molecule has 1 aromatic carbocycles. The third-order valence-electron chi connectivity index (χ3n) is 2.69. The summed E-state index contributed by atoms with van der Waals surface area (Å²) in [6.45, 7) is 1.89. The number of aromatic nitrogens is 1. The number of hydrogen-bond donors (Lipinski definition) is 2. The molecule has 0 fully saturated rings. The number of hydrazone groups is 1. The van der Waals surface area contributed by atoms with Crippen molar-refractivity contribution in [2.24, 2.45) is 5.10 Å². The highest BCUT2D eigenvalue weighted by molar-refractivity contribution is 7.17. The van der Waals surface area contributed by atoms with Crippen molar-refractivity contribution in [3.05, 3.63) is 43.3 Å². The van der Waals surface area contributed by atoms with Crippen LogP contribution >= 0.6 is 46.1 Å². The Morgan fingerprint density at radius 3 is 2.77 bits per heavy atom. The minimum absolute atomic E-state index is 0.267. The SMILES string of the molecule is CCc1nc(N)sc1C(=O)NN=Cc1c(Cl)ccc(Cl)c1Cl. The largest absolute Gasteiger partial charge is 0.375 e. The molecule has 22 heavy (non-hydrogen) atoms. The van der Waals surface area contributed by atoms with Gasteiger partial charge in [0, 0.05) is 5.56 Å². The van der Waals surface area contributed by atoms with Crippen LogP contribution in [0.15, 0.2) is 17.2 Å². The topological polar surface area (TPSA) is 80.4 Å². The second-order valence-electron chi connectivity index (χ2n) is 4.14. The molecular weight excluding hydrogens is 367 g/mol. The maximum atomic E-state index is 12.1. The molecule has 1 aromatic heterocycles. The smallest absolute Gasteiger partial charge is 0.283 e. The van der Waals surface area contributed by atoms with Crippen LogP contribution in [-0.4, -0.2) is 17.1 Å². The van der Waals surface area contributed by atoms with Crippen LogP contribution in [0.25, 0.3) is 0 Å². The predicted molar refractivity (Wildman–Crippen MR) is 92.4 cm³/mol. The molecule has 0 unspecified atom stereocenters. The number of carbonyl (C=O) groups is 1. The minimum atomic E-state index is -0.392. The average molecular weight is 378 g/mol. The van der Waals surface area contributed by atoms with Crippen LogP contribution in [-0.2, 0) is 6.42 Å². The quantitative estimate of drug-likeness (QED) is 0.480. The Hall–Kier alpha value is -1.34. The summed E-state index contributed by atoms with van der Waals surface area (Å²) in [4.78, 5) is 16.6. The summed E-state index contributed by atoms with van der Waals surface area (Å²) in [6, 6.07) is 3.17. The van der Waals surface area contributed by atoms with Gasteiger partial charge in [-0.15, -0.1) is 0 Å². The molecule has 5 nitrogen and oxygen atoms in total. The Labute approximate surface area is 146 Å². The second-order valence-corrected chi connectivity index (χ2v) is 6.36. The molecule has 9 heteroatoms. The summed E-state index contributed by atoms with van der Waals surface area (Å²) in [5.74, 6) is -0.392. The van der Waals surface area contributed by atoms with E-state index in [2.05, 4.69) is 15.5 Å². The van der Waals surface area contributed by atoms with Gasteiger partial charge in [0.05, 0.1) is 27.0 Å². The van der Waals surface area contributed by atoms with E-state index in [1.54, 1.807) is 12.1 Å². The zero-order valence-electron chi connectivity index (χ0n) is 11.4. The fourth-order valence-corrected chi connectivity index (χ4v) is 3.10. The van der Waals surface area contributed by atoms with Crippen LogP contribution < -0.4 is 11.2 Å². The number of carbonyl (C=O) groups excluding carboxylic acids is 1. The number of aryl methyl sites for hydroxylation is 1. The van der Waals surface area contributed by atoms with E-state index in [1.165, 1.54) is 6.21 Å². The van der Waals surface area contributed by atoms with Crippen molar-refractivity contribution in [2.75, 3.05) is 5.73 Å². The van der Waals surface area contributed by atoms with Crippen molar-refractivity contribution in [1.29, 1.82) is 0 Å². The number of anilines is 1. The molecule has 0 bridgehead atoms. The summed E-state index contributed by atoms with van der Waals surface area (Å²) < 4.78 is 0. The number of amides is 1. The van der Waals surface area contributed by atoms with Crippen LogP contribution in [0.5, 0.6) is 0 Å². The Bertz CT molecular complexity index is 745. The molecule has 0 saturated carbocycles. The van der Waals surface area contributed by atoms with E-state index in [9.17, 15) is 4.79 Å². The van der Waals surface area contributed by atoms with E-state index in [4.69, 9.17) is 40.5 Å². The van der Waals surface area contributed by atoms with Crippen molar-refractivity contribution in [3.8, 4) is 0 Å². The van der Waals surface area contributed by atoms with Gasteiger partial charge in [-0.05, 0) is 18.6 Å². The Balaban J connectivity index is 2.16. The summed E-state index contributed by atoms with van der Waals surface area (Å²) >= 11 is 19.1. The molecule has 2 aromatic rings. The van der Waals surface area contributed by atoms with Gasteiger partial charge in [0.2, 0.25) is 0 Å². The molecule has 0 atom stereocenters. The zero-order valence-corrected chi connectivity index (χ0v) is 14.4. The third kappa shape index (κ3) is 3.70. The number of thiazole rings is 1. The minimum Gasteiger partial charge on any atom is -0.375 e. The fraction of sp³-hybridized carbons (Fsp3) is 0.154. The number of rotatable bonds is 4. The number of benzene rings is 1. The molecule has 2 rings (SSSR count). The first-order valence-corrected chi connectivity index (χ1v) is 8.11. The van der Waals surface area contributed by atoms with E-state index in [0.717, 1.165) is 11.3 Å². The number of nitrogens with one attached hydrogen (secondary N) is 1. The van der Waals surface area contributed by atoms with Crippen molar-refractivity contribution in [3.63, 3.8) is 0 Å². The first kappa shape index (κ1) is 17.0. The van der Waals surface area contributed by atoms with Crippen molar-refractivity contribution in [1.82, 2.24) is 10.4 Å². The number of nitrogen functional groups attached to an aromatic ring is 1. The normalized spacial score (nSPS) is 11.1. The number of nitrogens with two attached hydrogens (primary N) is 1. The Kier molecular flexibility index (Phi) is 5.63. The lowest BCUT2D eigenvalue weighted by molar-refractivity contribution is 0.0958. The first-order chi connectivity index (χ1) is 10.4. The molecular formula is C13H11Cl3N4OS. The second kappa shape index (κ2) is 7.28. The fourth-order valence-electron chi connectivity index (χ4n) is 1.65. The first-order valence-electron chi connectivity index (χ1n) is 6.16.